The Bertz CT molecular complexity index is 1650. The van der Waals surface area contributed by atoms with E-state index >= 15 is 0 Å². The molecule has 3 aromatic heterocycles. The van der Waals surface area contributed by atoms with Gasteiger partial charge in [-0.3, -0.25) is 14.2 Å². The number of benzene rings is 2. The highest BCUT2D eigenvalue weighted by atomic mass is 32.2. The van der Waals surface area contributed by atoms with E-state index in [1.165, 1.54) is 22.0 Å². The van der Waals surface area contributed by atoms with Gasteiger partial charge in [-0.1, -0.05) is 23.9 Å². The fourth-order valence-corrected chi connectivity index (χ4v) is 5.43. The number of hydrogen-bond acceptors (Lipinski definition) is 7. The summed E-state index contributed by atoms with van der Waals surface area (Å²) in [4.78, 5) is 35.9. The number of thioether (sulfide) groups is 1. The minimum Gasteiger partial charge on any atom is -0.497 e. The molecule has 36 heavy (non-hydrogen) atoms. The average Bonchev–Trinajstić information content (AvgIpc) is 3.26. The maximum Gasteiger partial charge on any atom is 0.272 e. The smallest absolute Gasteiger partial charge is 0.272 e. The van der Waals surface area contributed by atoms with Crippen molar-refractivity contribution in [2.45, 2.75) is 11.7 Å². The number of amides is 1. The molecule has 1 N–H and O–H groups in total. The van der Waals surface area contributed by atoms with E-state index in [1.807, 2.05) is 18.2 Å². The lowest BCUT2D eigenvalue weighted by molar-refractivity contribution is -0.113. The van der Waals surface area contributed by atoms with E-state index in [-0.39, 0.29) is 23.5 Å². The van der Waals surface area contributed by atoms with Crippen LogP contribution in [-0.2, 0) is 11.3 Å². The van der Waals surface area contributed by atoms with Crippen LogP contribution in [0.4, 0.5) is 14.5 Å². The zero-order valence-corrected chi connectivity index (χ0v) is 20.5. The van der Waals surface area contributed by atoms with Crippen LogP contribution in [0.2, 0.25) is 0 Å². The number of methoxy groups -OCH3 is 1. The number of thiophene rings is 1. The largest absolute Gasteiger partial charge is 0.497 e. The SMILES string of the molecule is COc1ccc(Cn2c(SCC(=O)Nc3ccc(F)c(F)c3)nc3c(sc4ncccc43)c2=O)cc1. The summed E-state index contributed by atoms with van der Waals surface area (Å²) in [5.41, 5.74) is 1.28. The third-order valence-electron chi connectivity index (χ3n) is 5.35. The average molecular weight is 525 g/mol. The maximum absolute atomic E-state index is 13.5. The Morgan fingerprint density at radius 1 is 1.14 bits per heavy atom. The number of nitrogens with one attached hydrogen (secondary N) is 1. The van der Waals surface area contributed by atoms with E-state index < -0.39 is 17.5 Å². The van der Waals surface area contributed by atoms with Gasteiger partial charge in [0.2, 0.25) is 5.91 Å². The molecule has 0 fully saturated rings. The van der Waals surface area contributed by atoms with Crippen molar-refractivity contribution in [2.24, 2.45) is 0 Å². The molecule has 2 aromatic carbocycles. The molecule has 7 nitrogen and oxygen atoms in total. The Morgan fingerprint density at radius 2 is 1.94 bits per heavy atom. The molecular weight excluding hydrogens is 506 g/mol. The normalized spacial score (nSPS) is 11.2. The van der Waals surface area contributed by atoms with E-state index in [4.69, 9.17) is 9.72 Å². The van der Waals surface area contributed by atoms with Crippen LogP contribution in [-0.4, -0.2) is 33.3 Å². The van der Waals surface area contributed by atoms with Gasteiger partial charge in [0.05, 0.1) is 24.9 Å². The van der Waals surface area contributed by atoms with Gasteiger partial charge in [-0.25, -0.2) is 18.7 Å². The molecule has 5 aromatic rings. The fraction of sp³-hybridized carbons (Fsp3) is 0.120. The third-order valence-corrected chi connectivity index (χ3v) is 7.42. The van der Waals surface area contributed by atoms with E-state index in [0.29, 0.717) is 26.0 Å². The van der Waals surface area contributed by atoms with Gasteiger partial charge in [-0.2, -0.15) is 0 Å². The van der Waals surface area contributed by atoms with Crippen molar-refractivity contribution in [1.29, 1.82) is 0 Å². The van der Waals surface area contributed by atoms with Crippen LogP contribution in [0.3, 0.4) is 0 Å². The summed E-state index contributed by atoms with van der Waals surface area (Å²) >= 11 is 2.36. The first-order chi connectivity index (χ1) is 17.4. The first kappa shape index (κ1) is 23.9. The first-order valence-corrected chi connectivity index (χ1v) is 12.5. The number of rotatable bonds is 7. The number of ether oxygens (including phenoxy) is 1. The molecule has 3 heterocycles. The summed E-state index contributed by atoms with van der Waals surface area (Å²) in [7, 11) is 1.58. The number of hydrogen-bond donors (Lipinski definition) is 1. The second-order valence-corrected chi connectivity index (χ2v) is 9.68. The van der Waals surface area contributed by atoms with Gasteiger partial charge < -0.3 is 10.1 Å². The van der Waals surface area contributed by atoms with Gasteiger partial charge in [0.15, 0.2) is 16.8 Å². The van der Waals surface area contributed by atoms with Crippen molar-refractivity contribution in [3.63, 3.8) is 0 Å². The van der Waals surface area contributed by atoms with Crippen LogP contribution >= 0.6 is 23.1 Å². The Morgan fingerprint density at radius 3 is 2.69 bits per heavy atom. The lowest BCUT2D eigenvalue weighted by Gasteiger charge is -2.13. The van der Waals surface area contributed by atoms with Crippen LogP contribution in [0.25, 0.3) is 20.4 Å². The summed E-state index contributed by atoms with van der Waals surface area (Å²) in [6.45, 7) is 0.237. The van der Waals surface area contributed by atoms with E-state index in [9.17, 15) is 18.4 Å². The molecule has 0 aliphatic carbocycles. The zero-order chi connectivity index (χ0) is 25.2. The number of fused-ring (bicyclic) bond motifs is 3. The molecule has 0 atom stereocenters. The van der Waals surface area contributed by atoms with Crippen molar-refractivity contribution < 1.29 is 18.3 Å². The standard InChI is InChI=1S/C25H18F2N4O3S2/c1-34-16-7-4-14(5-8-16)12-31-24(33)22-21(17-3-2-10-28-23(17)36-22)30-25(31)35-13-20(32)29-15-6-9-18(26)19(27)11-15/h2-11H,12-13H2,1H3,(H,29,32). The number of nitrogens with zero attached hydrogens (tertiary/aromatic N) is 3. The van der Waals surface area contributed by atoms with Crippen molar-refractivity contribution in [3.05, 3.63) is 88.3 Å². The Kier molecular flexibility index (Phi) is 6.66. The second kappa shape index (κ2) is 10.0. The van der Waals surface area contributed by atoms with Crippen LogP contribution in [0.15, 0.2) is 70.7 Å². The highest BCUT2D eigenvalue weighted by Gasteiger charge is 2.18. The van der Waals surface area contributed by atoms with Crippen LogP contribution in [0.5, 0.6) is 5.75 Å². The van der Waals surface area contributed by atoms with Gasteiger partial charge in [0.1, 0.15) is 15.3 Å². The number of carbonyl (C=O) groups excluding carboxylic acids is 1. The molecule has 0 saturated heterocycles. The van der Waals surface area contributed by atoms with Crippen molar-refractivity contribution >= 4 is 55.1 Å². The number of pyridine rings is 1. The third kappa shape index (κ3) is 4.79. The summed E-state index contributed by atoms with van der Waals surface area (Å²) in [5.74, 6) is -1.91. The Labute approximate surface area is 211 Å². The lowest BCUT2D eigenvalue weighted by atomic mass is 10.2. The molecule has 0 bridgehead atoms. The highest BCUT2D eigenvalue weighted by Crippen LogP contribution is 2.31. The molecule has 0 saturated carbocycles. The summed E-state index contributed by atoms with van der Waals surface area (Å²) in [6.07, 6.45) is 1.66. The van der Waals surface area contributed by atoms with Gasteiger partial charge in [0, 0.05) is 23.3 Å². The van der Waals surface area contributed by atoms with Crippen molar-refractivity contribution in [2.75, 3.05) is 18.2 Å². The monoisotopic (exact) mass is 524 g/mol. The van der Waals surface area contributed by atoms with Crippen molar-refractivity contribution in [3.8, 4) is 5.75 Å². The molecule has 0 aliphatic heterocycles. The topological polar surface area (TPSA) is 86.1 Å². The summed E-state index contributed by atoms with van der Waals surface area (Å²) < 4.78 is 33.9. The number of carbonyl (C=O) groups is 1. The van der Waals surface area contributed by atoms with Crippen LogP contribution in [0.1, 0.15) is 5.56 Å². The first-order valence-electron chi connectivity index (χ1n) is 10.7. The second-order valence-electron chi connectivity index (χ2n) is 7.74. The molecule has 0 spiro atoms. The zero-order valence-electron chi connectivity index (χ0n) is 18.8. The Hall–Kier alpha value is -3.83. The van der Waals surface area contributed by atoms with E-state index in [0.717, 1.165) is 34.8 Å². The number of halogens is 2. The molecule has 11 heteroatoms. The highest BCUT2D eigenvalue weighted by molar-refractivity contribution is 7.99. The van der Waals surface area contributed by atoms with Gasteiger partial charge in [-0.05, 0) is 42.0 Å². The minimum absolute atomic E-state index is 0.0973. The van der Waals surface area contributed by atoms with Crippen molar-refractivity contribution in [1.82, 2.24) is 14.5 Å². The maximum atomic E-state index is 13.5. The van der Waals surface area contributed by atoms with E-state index in [2.05, 4.69) is 10.3 Å². The molecule has 0 aliphatic rings. The summed E-state index contributed by atoms with van der Waals surface area (Å²) in [6, 6.07) is 14.1. The summed E-state index contributed by atoms with van der Waals surface area (Å²) in [5, 5.41) is 3.65. The van der Waals surface area contributed by atoms with Crippen LogP contribution < -0.4 is 15.6 Å². The predicted octanol–water partition coefficient (Wildman–Crippen LogP) is 5.07. The van der Waals surface area contributed by atoms with Gasteiger partial charge in [0.25, 0.3) is 5.56 Å². The lowest BCUT2D eigenvalue weighted by Crippen LogP contribution is -2.24. The predicted molar refractivity (Wildman–Crippen MR) is 137 cm³/mol. The Balaban J connectivity index is 1.48. The quantitative estimate of drug-likeness (QED) is 0.236. The minimum atomic E-state index is -1.06. The fourth-order valence-electron chi connectivity index (χ4n) is 3.61. The van der Waals surface area contributed by atoms with E-state index in [1.54, 1.807) is 31.5 Å². The number of aromatic nitrogens is 3. The molecule has 1 amide bonds. The van der Waals surface area contributed by atoms with Gasteiger partial charge in [-0.15, -0.1) is 11.3 Å². The molecule has 0 radical (unpaired) electrons. The van der Waals surface area contributed by atoms with Crippen LogP contribution in [0, 0.1) is 11.6 Å². The van der Waals surface area contributed by atoms with Gasteiger partial charge >= 0.3 is 0 Å². The molecule has 5 rings (SSSR count). The molecule has 182 valence electrons. The number of anilines is 1. The molecular formula is C25H18F2N4O3S2. The molecule has 0 unspecified atom stereocenters.